The largest absolute Gasteiger partial charge is 0.354 e. The molecule has 1 heterocycles. The van der Waals surface area contributed by atoms with E-state index >= 15 is 0 Å². The number of hydrogen-bond donors (Lipinski definition) is 1. The molecule has 1 aromatic carbocycles. The number of benzene rings is 1. The Morgan fingerprint density at radius 2 is 2.00 bits per heavy atom. The summed E-state index contributed by atoms with van der Waals surface area (Å²) in [6.45, 7) is 4.68. The van der Waals surface area contributed by atoms with Crippen molar-refractivity contribution in [3.05, 3.63) is 29.8 Å². The van der Waals surface area contributed by atoms with Crippen molar-refractivity contribution in [2.45, 2.75) is 24.8 Å². The van der Waals surface area contributed by atoms with Gasteiger partial charge in [-0.1, -0.05) is 13.8 Å². The molecule has 0 saturated carbocycles. The summed E-state index contributed by atoms with van der Waals surface area (Å²) in [5.74, 6) is 1.25. The Kier molecular flexibility index (Phi) is 6.24. The number of carbonyl (C=O) groups excluding carboxylic acids is 2. The maximum Gasteiger partial charge on any atom is 0.255 e. The van der Waals surface area contributed by atoms with Gasteiger partial charge in [0.2, 0.25) is 5.91 Å². The second kappa shape index (κ2) is 7.97. The van der Waals surface area contributed by atoms with E-state index < -0.39 is 16.8 Å². The summed E-state index contributed by atoms with van der Waals surface area (Å²) in [6, 6.07) is 6.31. The predicted octanol–water partition coefficient (Wildman–Crippen LogP) is 1.71. The number of amides is 2. The van der Waals surface area contributed by atoms with Crippen molar-refractivity contribution in [1.82, 2.24) is 10.2 Å². The van der Waals surface area contributed by atoms with Gasteiger partial charge in [0.1, 0.15) is 6.04 Å². The lowest BCUT2D eigenvalue weighted by molar-refractivity contribution is -0.124. The molecule has 1 aromatic rings. The van der Waals surface area contributed by atoms with Crippen LogP contribution in [0.3, 0.4) is 0 Å². The summed E-state index contributed by atoms with van der Waals surface area (Å²) in [6.07, 6.45) is 1.60. The predicted molar refractivity (Wildman–Crippen MR) is 93.9 cm³/mol. The minimum atomic E-state index is -1.07. The molecule has 1 saturated heterocycles. The van der Waals surface area contributed by atoms with Crippen molar-refractivity contribution in [3.8, 4) is 0 Å². The zero-order valence-electron chi connectivity index (χ0n) is 13.6. The minimum absolute atomic E-state index is 0.0941. The van der Waals surface area contributed by atoms with Crippen LogP contribution in [0, 0.1) is 5.92 Å². The van der Waals surface area contributed by atoms with Crippen LogP contribution in [-0.2, 0) is 15.6 Å². The van der Waals surface area contributed by atoms with Gasteiger partial charge in [-0.25, -0.2) is 0 Å². The summed E-state index contributed by atoms with van der Waals surface area (Å²) >= 11 is 1.58. The highest BCUT2D eigenvalue weighted by Gasteiger charge is 2.34. The Morgan fingerprint density at radius 1 is 1.35 bits per heavy atom. The van der Waals surface area contributed by atoms with Gasteiger partial charge in [0.15, 0.2) is 0 Å². The van der Waals surface area contributed by atoms with Crippen LogP contribution >= 0.6 is 11.8 Å². The van der Waals surface area contributed by atoms with Crippen LogP contribution < -0.4 is 5.32 Å². The first-order chi connectivity index (χ1) is 10.9. The molecule has 0 spiro atoms. The third-order valence-electron chi connectivity index (χ3n) is 3.56. The molecule has 1 aliphatic rings. The number of rotatable bonds is 5. The highest BCUT2D eigenvalue weighted by atomic mass is 32.2. The average Bonchev–Trinajstić information content (AvgIpc) is 3.01. The lowest BCUT2D eigenvalue weighted by Gasteiger charge is -2.23. The van der Waals surface area contributed by atoms with E-state index in [1.807, 2.05) is 13.8 Å². The second-order valence-electron chi connectivity index (χ2n) is 5.91. The molecule has 0 bridgehead atoms. The monoisotopic (exact) mass is 354 g/mol. The van der Waals surface area contributed by atoms with Gasteiger partial charge in [0.05, 0.1) is 5.88 Å². The van der Waals surface area contributed by atoms with Gasteiger partial charge in [0.25, 0.3) is 5.91 Å². The maximum atomic E-state index is 12.6. The molecule has 2 atom stereocenters. The van der Waals surface area contributed by atoms with Crippen LogP contribution in [0.15, 0.2) is 29.2 Å². The van der Waals surface area contributed by atoms with E-state index in [1.54, 1.807) is 47.2 Å². The van der Waals surface area contributed by atoms with E-state index in [0.717, 1.165) is 0 Å². The van der Waals surface area contributed by atoms with Gasteiger partial charge in [-0.05, 0) is 30.2 Å². The molecule has 0 aliphatic carbocycles. The lowest BCUT2D eigenvalue weighted by Crippen LogP contribution is -2.47. The molecule has 1 fully saturated rings. The minimum Gasteiger partial charge on any atom is -0.354 e. The summed E-state index contributed by atoms with van der Waals surface area (Å²) in [5.41, 5.74) is 0.517. The van der Waals surface area contributed by atoms with Gasteiger partial charge in [-0.2, -0.15) is 0 Å². The summed E-state index contributed by atoms with van der Waals surface area (Å²) < 4.78 is 11.4. The molecule has 0 unspecified atom stereocenters. The standard InChI is InChI=1S/C16H22N2O3S2/c1-11(2)8-17-15(19)14-9-22-10-18(14)16(20)12-4-6-13(7-5-12)23(3)21/h4-7,11,14H,8-10H2,1-3H3,(H,17,19)/t14-,23-/m0/s1. The molecule has 1 N–H and O–H groups in total. The second-order valence-corrected chi connectivity index (χ2v) is 8.29. The molecule has 23 heavy (non-hydrogen) atoms. The quantitative estimate of drug-likeness (QED) is 0.874. The van der Waals surface area contributed by atoms with Crippen molar-refractivity contribution >= 4 is 34.4 Å². The van der Waals surface area contributed by atoms with Crippen molar-refractivity contribution in [1.29, 1.82) is 0 Å². The molecule has 0 aromatic heterocycles. The molecule has 1 aliphatic heterocycles. The topological polar surface area (TPSA) is 66.5 Å². The first-order valence-electron chi connectivity index (χ1n) is 7.50. The van der Waals surface area contributed by atoms with Gasteiger partial charge in [0, 0.05) is 39.8 Å². The number of nitrogens with zero attached hydrogens (tertiary/aromatic N) is 1. The van der Waals surface area contributed by atoms with Crippen LogP contribution in [0.4, 0.5) is 0 Å². The number of thioether (sulfide) groups is 1. The highest BCUT2D eigenvalue weighted by Crippen LogP contribution is 2.23. The summed E-state index contributed by atoms with van der Waals surface area (Å²) in [4.78, 5) is 27.2. The lowest BCUT2D eigenvalue weighted by atomic mass is 10.1. The molecule has 7 heteroatoms. The van der Waals surface area contributed by atoms with Gasteiger partial charge >= 0.3 is 0 Å². The third kappa shape index (κ3) is 4.57. The van der Waals surface area contributed by atoms with Crippen molar-refractivity contribution in [3.63, 3.8) is 0 Å². The van der Waals surface area contributed by atoms with Crippen molar-refractivity contribution in [2.75, 3.05) is 24.4 Å². The molecule has 0 radical (unpaired) electrons. The van der Waals surface area contributed by atoms with Crippen LogP contribution in [0.5, 0.6) is 0 Å². The van der Waals surface area contributed by atoms with Gasteiger partial charge in [-0.3, -0.25) is 13.8 Å². The first kappa shape index (κ1) is 18.0. The number of carbonyl (C=O) groups is 2. The van der Waals surface area contributed by atoms with Crippen molar-refractivity contribution in [2.24, 2.45) is 5.92 Å². The Morgan fingerprint density at radius 3 is 2.57 bits per heavy atom. The van der Waals surface area contributed by atoms with Crippen LogP contribution in [0.25, 0.3) is 0 Å². The zero-order chi connectivity index (χ0) is 17.0. The van der Waals surface area contributed by atoms with E-state index in [-0.39, 0.29) is 11.8 Å². The van der Waals surface area contributed by atoms with Crippen LogP contribution in [0.2, 0.25) is 0 Å². The molecule has 5 nitrogen and oxygen atoms in total. The molecular weight excluding hydrogens is 332 g/mol. The van der Waals surface area contributed by atoms with Crippen LogP contribution in [-0.4, -0.2) is 51.4 Å². The Balaban J connectivity index is 2.08. The summed E-state index contributed by atoms with van der Waals surface area (Å²) in [5, 5.41) is 2.90. The SMILES string of the molecule is CC(C)CNC(=O)[C@@H]1CSCN1C(=O)c1ccc([S@](C)=O)cc1. The number of hydrogen-bond acceptors (Lipinski definition) is 4. The van der Waals surface area contributed by atoms with Crippen molar-refractivity contribution < 1.29 is 13.8 Å². The van der Waals surface area contributed by atoms with Gasteiger partial charge in [-0.15, -0.1) is 11.8 Å². The first-order valence-corrected chi connectivity index (χ1v) is 10.2. The normalized spacial score (nSPS) is 19.0. The van der Waals surface area contributed by atoms with E-state index in [2.05, 4.69) is 5.32 Å². The van der Waals surface area contributed by atoms with E-state index in [1.165, 1.54) is 0 Å². The fraction of sp³-hybridized carbons (Fsp3) is 0.500. The maximum absolute atomic E-state index is 12.6. The molecule has 2 amide bonds. The van der Waals surface area contributed by atoms with E-state index in [4.69, 9.17) is 0 Å². The van der Waals surface area contributed by atoms with E-state index in [0.29, 0.717) is 34.6 Å². The molecular formula is C16H22N2O3S2. The smallest absolute Gasteiger partial charge is 0.255 e. The van der Waals surface area contributed by atoms with E-state index in [9.17, 15) is 13.8 Å². The van der Waals surface area contributed by atoms with Crippen LogP contribution in [0.1, 0.15) is 24.2 Å². The molecule has 2 rings (SSSR count). The molecule has 126 valence electrons. The Labute approximate surface area is 143 Å². The Hall–Kier alpha value is -1.34. The summed E-state index contributed by atoms with van der Waals surface area (Å²) in [7, 11) is -1.07. The Bertz CT molecular complexity index is 602. The zero-order valence-corrected chi connectivity index (χ0v) is 15.2. The third-order valence-corrected chi connectivity index (χ3v) is 5.51. The van der Waals surface area contributed by atoms with Gasteiger partial charge < -0.3 is 10.2 Å². The fourth-order valence-electron chi connectivity index (χ4n) is 2.24. The highest BCUT2D eigenvalue weighted by molar-refractivity contribution is 7.99. The number of nitrogens with one attached hydrogen (secondary N) is 1. The average molecular weight is 354 g/mol. The fourth-order valence-corrected chi connectivity index (χ4v) is 3.91.